The third-order valence-corrected chi connectivity index (χ3v) is 4.35. The van der Waals surface area contributed by atoms with Crippen LogP contribution >= 0.6 is 27.7 Å². The average Bonchev–Trinajstić information content (AvgIpc) is 3.07. The van der Waals surface area contributed by atoms with Crippen LogP contribution in [0, 0.1) is 5.82 Å². The topological polar surface area (TPSA) is 113 Å². The average molecular weight is 472 g/mol. The maximum atomic E-state index is 13.3. The molecule has 3 N–H and O–H groups in total. The van der Waals surface area contributed by atoms with E-state index in [0.29, 0.717) is 5.69 Å². The van der Waals surface area contributed by atoms with Crippen molar-refractivity contribution in [3.63, 3.8) is 0 Å². The molecule has 0 atom stereocenters. The molecule has 0 spiro atoms. The van der Waals surface area contributed by atoms with Crippen LogP contribution in [-0.4, -0.2) is 45.7 Å². The van der Waals surface area contributed by atoms with Gasteiger partial charge in [-0.1, -0.05) is 16.9 Å². The molecule has 27 heavy (non-hydrogen) atoms. The Bertz CT molecular complexity index is 846. The molecule has 0 aliphatic carbocycles. The van der Waals surface area contributed by atoms with Crippen molar-refractivity contribution < 1.29 is 32.2 Å². The fourth-order valence-electron chi connectivity index (χ4n) is 1.65. The zero-order chi connectivity index (χ0) is 20.0. The number of rotatable bonds is 6. The molecule has 8 nitrogen and oxygen atoms in total. The van der Waals surface area contributed by atoms with Gasteiger partial charge in [0, 0.05) is 5.69 Å². The van der Waals surface area contributed by atoms with Crippen LogP contribution in [0.2, 0.25) is 0 Å². The highest BCUT2D eigenvalue weighted by Crippen LogP contribution is 2.23. The van der Waals surface area contributed by atoms with Crippen LogP contribution in [0.25, 0.3) is 0 Å². The molecule has 0 aliphatic rings. The molecule has 1 heterocycles. The Labute approximate surface area is 161 Å². The van der Waals surface area contributed by atoms with Crippen molar-refractivity contribution in [2.45, 2.75) is 11.2 Å². The number of hydrogen-bond donors (Lipinski definition) is 3. The standard InChI is InChI=1S/C13H10BrF4N5O3S/c14-7-3-6(1-2-8(7)15)20-11(21-25)10-12(23-26-22-10)27-4-9(24)19-5-13(16,17)18/h1-3,25H,4-5H2,(H,19,24)(H,20,21). The number of benzene rings is 1. The quantitative estimate of drug-likeness (QED) is 0.148. The Balaban J connectivity index is 2.03. The van der Waals surface area contributed by atoms with Gasteiger partial charge in [0.25, 0.3) is 0 Å². The normalized spacial score (nSPS) is 12.1. The molecule has 0 bridgehead atoms. The summed E-state index contributed by atoms with van der Waals surface area (Å²) in [6.07, 6.45) is -4.52. The lowest BCUT2D eigenvalue weighted by molar-refractivity contribution is -0.136. The molecule has 1 aromatic carbocycles. The van der Waals surface area contributed by atoms with Crippen LogP contribution in [0.5, 0.6) is 0 Å². The van der Waals surface area contributed by atoms with Crippen LogP contribution in [0.3, 0.4) is 0 Å². The lowest BCUT2D eigenvalue weighted by Crippen LogP contribution is -2.34. The maximum Gasteiger partial charge on any atom is 0.405 e. The number of hydrogen-bond acceptors (Lipinski definition) is 7. The van der Waals surface area contributed by atoms with E-state index in [-0.39, 0.29) is 21.0 Å². The fourth-order valence-corrected chi connectivity index (χ4v) is 2.75. The lowest BCUT2D eigenvalue weighted by Gasteiger charge is -2.08. The number of aromatic nitrogens is 2. The van der Waals surface area contributed by atoms with Crippen LogP contribution in [0.1, 0.15) is 5.69 Å². The van der Waals surface area contributed by atoms with Gasteiger partial charge in [0.2, 0.25) is 11.7 Å². The number of nitrogens with zero attached hydrogens (tertiary/aromatic N) is 3. The summed E-state index contributed by atoms with van der Waals surface area (Å²) in [6.45, 7) is -1.46. The van der Waals surface area contributed by atoms with Crippen molar-refractivity contribution >= 4 is 45.1 Å². The number of amides is 1. The number of anilines is 1. The first-order chi connectivity index (χ1) is 12.7. The molecular weight excluding hydrogens is 462 g/mol. The van der Waals surface area contributed by atoms with Crippen LogP contribution in [0.15, 0.2) is 37.5 Å². The molecule has 0 radical (unpaired) electrons. The zero-order valence-electron chi connectivity index (χ0n) is 13.0. The number of thioether (sulfide) groups is 1. The van der Waals surface area contributed by atoms with Gasteiger partial charge in [-0.25, -0.2) is 9.02 Å². The molecule has 2 aromatic rings. The van der Waals surface area contributed by atoms with Crippen LogP contribution < -0.4 is 10.6 Å². The predicted molar refractivity (Wildman–Crippen MR) is 90.1 cm³/mol. The minimum atomic E-state index is -4.52. The van der Waals surface area contributed by atoms with E-state index in [2.05, 4.69) is 41.3 Å². The summed E-state index contributed by atoms with van der Waals surface area (Å²) >= 11 is 3.72. The molecule has 0 saturated carbocycles. The summed E-state index contributed by atoms with van der Waals surface area (Å²) in [5, 5.41) is 23.6. The van der Waals surface area contributed by atoms with Gasteiger partial charge in [0.1, 0.15) is 12.4 Å². The SMILES string of the molecule is O=C(CSc1nonc1/C(=N/O)Nc1ccc(F)c(Br)c1)NCC(F)(F)F. The van der Waals surface area contributed by atoms with E-state index in [9.17, 15) is 27.6 Å². The molecule has 2 rings (SSSR count). The second-order valence-corrected chi connectivity index (χ2v) is 6.62. The van der Waals surface area contributed by atoms with E-state index in [0.717, 1.165) is 17.8 Å². The van der Waals surface area contributed by atoms with Gasteiger partial charge in [-0.2, -0.15) is 13.2 Å². The smallest absolute Gasteiger partial charge is 0.405 e. The molecular formula is C13H10BrF4N5O3S. The predicted octanol–water partition coefficient (Wildman–Crippen LogP) is 2.99. The highest BCUT2D eigenvalue weighted by atomic mass is 79.9. The van der Waals surface area contributed by atoms with Crippen LogP contribution in [-0.2, 0) is 4.79 Å². The number of carbonyl (C=O) groups is 1. The van der Waals surface area contributed by atoms with Gasteiger partial charge in [0.15, 0.2) is 10.7 Å². The minimum absolute atomic E-state index is 0.00126. The summed E-state index contributed by atoms with van der Waals surface area (Å²) in [5.74, 6) is -2.03. The van der Waals surface area contributed by atoms with Gasteiger partial charge in [-0.3, -0.25) is 4.79 Å². The number of halogens is 5. The Morgan fingerprint density at radius 2 is 2.11 bits per heavy atom. The molecule has 1 aromatic heterocycles. The zero-order valence-corrected chi connectivity index (χ0v) is 15.5. The molecule has 0 saturated heterocycles. The van der Waals surface area contributed by atoms with Gasteiger partial charge in [-0.05, 0) is 44.4 Å². The molecule has 14 heteroatoms. The van der Waals surface area contributed by atoms with E-state index in [1.165, 1.54) is 12.1 Å². The van der Waals surface area contributed by atoms with E-state index in [1.54, 1.807) is 5.32 Å². The summed E-state index contributed by atoms with van der Waals surface area (Å²) in [6, 6.07) is 3.88. The van der Waals surface area contributed by atoms with Gasteiger partial charge in [-0.15, -0.1) is 0 Å². The second-order valence-electron chi connectivity index (χ2n) is 4.80. The number of oxime groups is 1. The first kappa shape index (κ1) is 21.0. The maximum absolute atomic E-state index is 13.3. The van der Waals surface area contributed by atoms with Crippen molar-refractivity contribution in [1.82, 2.24) is 15.6 Å². The van der Waals surface area contributed by atoms with Gasteiger partial charge >= 0.3 is 6.18 Å². The first-order valence-electron chi connectivity index (χ1n) is 6.93. The Hall–Kier alpha value is -2.35. The van der Waals surface area contributed by atoms with Gasteiger partial charge in [0.05, 0.1) is 10.2 Å². The lowest BCUT2D eigenvalue weighted by atomic mass is 10.3. The summed E-state index contributed by atoms with van der Waals surface area (Å²) in [4.78, 5) is 11.4. The number of carbonyl (C=O) groups excluding carboxylic acids is 1. The van der Waals surface area contributed by atoms with Crippen molar-refractivity contribution in [1.29, 1.82) is 0 Å². The van der Waals surface area contributed by atoms with Crippen molar-refractivity contribution in [3.8, 4) is 0 Å². The Morgan fingerprint density at radius 3 is 2.74 bits per heavy atom. The minimum Gasteiger partial charge on any atom is -0.409 e. The third kappa shape index (κ3) is 6.39. The third-order valence-electron chi connectivity index (χ3n) is 2.79. The summed E-state index contributed by atoms with van der Waals surface area (Å²) < 4.78 is 54.1. The molecule has 146 valence electrons. The first-order valence-corrected chi connectivity index (χ1v) is 8.71. The van der Waals surface area contributed by atoms with E-state index < -0.39 is 30.2 Å². The van der Waals surface area contributed by atoms with E-state index >= 15 is 0 Å². The second kappa shape index (κ2) is 9.03. The summed E-state index contributed by atoms with van der Waals surface area (Å²) in [5.41, 5.74) is 0.240. The highest BCUT2D eigenvalue weighted by Gasteiger charge is 2.28. The Morgan fingerprint density at radius 1 is 1.37 bits per heavy atom. The Kier molecular flexibility index (Phi) is 7.01. The van der Waals surface area contributed by atoms with E-state index in [1.807, 2.05) is 0 Å². The number of nitrogens with one attached hydrogen (secondary N) is 2. The van der Waals surface area contributed by atoms with Crippen molar-refractivity contribution in [2.24, 2.45) is 5.16 Å². The molecule has 0 aliphatic heterocycles. The largest absolute Gasteiger partial charge is 0.409 e. The van der Waals surface area contributed by atoms with E-state index in [4.69, 9.17) is 0 Å². The fraction of sp³-hybridized carbons (Fsp3) is 0.231. The van der Waals surface area contributed by atoms with Crippen molar-refractivity contribution in [2.75, 3.05) is 17.6 Å². The molecule has 0 unspecified atom stereocenters. The van der Waals surface area contributed by atoms with Crippen LogP contribution in [0.4, 0.5) is 23.2 Å². The monoisotopic (exact) mass is 471 g/mol. The molecule has 1 amide bonds. The summed E-state index contributed by atoms with van der Waals surface area (Å²) in [7, 11) is 0. The number of amidine groups is 1. The molecule has 0 fully saturated rings. The highest BCUT2D eigenvalue weighted by molar-refractivity contribution is 9.10. The van der Waals surface area contributed by atoms with Gasteiger partial charge < -0.3 is 15.8 Å². The van der Waals surface area contributed by atoms with Crippen molar-refractivity contribution in [3.05, 3.63) is 34.2 Å². The number of alkyl halides is 3.